The quantitative estimate of drug-likeness (QED) is 0.822. The molecule has 2 saturated heterocycles. The molecule has 3 rings (SSSR count). The lowest BCUT2D eigenvalue weighted by molar-refractivity contribution is 0.0954. The monoisotopic (exact) mass is 346 g/mol. The van der Waals surface area contributed by atoms with Crippen molar-refractivity contribution in [1.29, 1.82) is 0 Å². The summed E-state index contributed by atoms with van der Waals surface area (Å²) in [5.41, 5.74) is 1.67. The van der Waals surface area contributed by atoms with Crippen molar-refractivity contribution >= 4 is 5.94 Å². The topological polar surface area (TPSA) is 38.8 Å². The molecule has 2 heterocycles. The number of hydrogen-bond acceptors (Lipinski definition) is 5. The third-order valence-corrected chi connectivity index (χ3v) is 5.26. The van der Waals surface area contributed by atoms with Gasteiger partial charge in [0.2, 0.25) is 0 Å². The molecule has 1 aromatic rings. The van der Waals surface area contributed by atoms with Crippen LogP contribution < -0.4 is 5.32 Å². The Hall–Kier alpha value is -1.72. The molecule has 136 valence electrons. The Morgan fingerprint density at radius 1 is 1.20 bits per heavy atom. The SMILES string of the molecule is CC1NCC(CN2CCN(C)CC2)N(Cc2ccc(F)cc2)C1=C=O. The van der Waals surface area contributed by atoms with E-state index >= 15 is 0 Å². The first-order chi connectivity index (χ1) is 12.1. The fourth-order valence-electron chi connectivity index (χ4n) is 3.60. The minimum atomic E-state index is -0.238. The Kier molecular flexibility index (Phi) is 5.86. The molecule has 2 aliphatic heterocycles. The molecule has 0 bridgehead atoms. The molecule has 0 saturated carbocycles. The highest BCUT2D eigenvalue weighted by molar-refractivity contribution is 5.54. The Bertz CT molecular complexity index is 621. The predicted molar refractivity (Wildman–Crippen MR) is 96.3 cm³/mol. The number of benzene rings is 1. The zero-order valence-corrected chi connectivity index (χ0v) is 15.0. The van der Waals surface area contributed by atoms with Crippen LogP contribution in [0.5, 0.6) is 0 Å². The first-order valence-corrected chi connectivity index (χ1v) is 8.97. The maximum Gasteiger partial charge on any atom is 0.147 e. The normalized spacial score (nSPS) is 25.9. The summed E-state index contributed by atoms with van der Waals surface area (Å²) in [6.45, 7) is 8.59. The minimum Gasteiger partial charge on any atom is -0.355 e. The number of carbonyl (C=O) groups excluding carboxylic acids is 1. The van der Waals surface area contributed by atoms with Crippen molar-refractivity contribution in [3.8, 4) is 0 Å². The van der Waals surface area contributed by atoms with Crippen molar-refractivity contribution < 1.29 is 9.18 Å². The minimum absolute atomic E-state index is 0.0123. The van der Waals surface area contributed by atoms with Crippen LogP contribution in [0, 0.1) is 5.82 Å². The van der Waals surface area contributed by atoms with Crippen LogP contribution in [-0.4, -0.2) is 79.0 Å². The van der Waals surface area contributed by atoms with Crippen LogP contribution in [0.15, 0.2) is 30.0 Å². The maximum absolute atomic E-state index is 13.2. The van der Waals surface area contributed by atoms with Crippen molar-refractivity contribution in [2.75, 3.05) is 46.3 Å². The number of piperazine rings is 2. The summed E-state index contributed by atoms with van der Waals surface area (Å²) in [5.74, 6) is 1.90. The zero-order valence-electron chi connectivity index (χ0n) is 15.0. The molecular formula is C19H27FN4O. The van der Waals surface area contributed by atoms with Crippen LogP contribution in [-0.2, 0) is 11.3 Å². The van der Waals surface area contributed by atoms with Crippen molar-refractivity contribution in [3.63, 3.8) is 0 Å². The first-order valence-electron chi connectivity index (χ1n) is 8.97. The van der Waals surface area contributed by atoms with Gasteiger partial charge in [0, 0.05) is 45.8 Å². The summed E-state index contributed by atoms with van der Waals surface area (Å²) >= 11 is 0. The predicted octanol–water partition coefficient (Wildman–Crippen LogP) is 0.951. The van der Waals surface area contributed by atoms with Crippen molar-refractivity contribution in [2.24, 2.45) is 0 Å². The molecule has 0 aliphatic carbocycles. The summed E-state index contributed by atoms with van der Waals surface area (Å²) in [5, 5.41) is 3.42. The second-order valence-electron chi connectivity index (χ2n) is 7.13. The second-order valence-corrected chi connectivity index (χ2v) is 7.13. The fourth-order valence-corrected chi connectivity index (χ4v) is 3.60. The highest BCUT2D eigenvalue weighted by Gasteiger charge is 2.32. The van der Waals surface area contributed by atoms with E-state index < -0.39 is 0 Å². The molecule has 1 aromatic carbocycles. The van der Waals surface area contributed by atoms with Crippen molar-refractivity contribution in [2.45, 2.75) is 25.6 Å². The van der Waals surface area contributed by atoms with E-state index in [2.05, 4.69) is 33.0 Å². The molecular weight excluding hydrogens is 319 g/mol. The largest absolute Gasteiger partial charge is 0.355 e. The van der Waals surface area contributed by atoms with Crippen LogP contribution in [0.1, 0.15) is 12.5 Å². The summed E-state index contributed by atoms with van der Waals surface area (Å²) in [4.78, 5) is 18.5. The van der Waals surface area contributed by atoms with Gasteiger partial charge in [0.15, 0.2) is 0 Å². The number of nitrogens with zero attached hydrogens (tertiary/aromatic N) is 3. The van der Waals surface area contributed by atoms with E-state index in [0.29, 0.717) is 12.2 Å². The van der Waals surface area contributed by atoms with Crippen LogP contribution in [0.25, 0.3) is 0 Å². The summed E-state index contributed by atoms with van der Waals surface area (Å²) in [7, 11) is 2.15. The Morgan fingerprint density at radius 3 is 2.52 bits per heavy atom. The molecule has 25 heavy (non-hydrogen) atoms. The third kappa shape index (κ3) is 4.47. The van der Waals surface area contributed by atoms with E-state index in [9.17, 15) is 9.18 Å². The molecule has 0 amide bonds. The number of nitrogens with one attached hydrogen (secondary N) is 1. The lowest BCUT2D eigenvalue weighted by atomic mass is 10.0. The molecule has 2 unspecified atom stereocenters. The van der Waals surface area contributed by atoms with Gasteiger partial charge in [0.05, 0.1) is 12.1 Å². The van der Waals surface area contributed by atoms with Gasteiger partial charge in [-0.25, -0.2) is 9.18 Å². The van der Waals surface area contributed by atoms with Gasteiger partial charge < -0.3 is 15.1 Å². The molecule has 0 aromatic heterocycles. The van der Waals surface area contributed by atoms with E-state index in [4.69, 9.17) is 0 Å². The molecule has 1 N–H and O–H groups in total. The molecule has 2 aliphatic rings. The van der Waals surface area contributed by atoms with Crippen molar-refractivity contribution in [3.05, 3.63) is 41.3 Å². The van der Waals surface area contributed by atoms with E-state index in [1.807, 2.05) is 6.92 Å². The van der Waals surface area contributed by atoms with E-state index in [1.54, 1.807) is 12.1 Å². The summed E-state index contributed by atoms with van der Waals surface area (Å²) < 4.78 is 13.2. The summed E-state index contributed by atoms with van der Waals surface area (Å²) in [6.07, 6.45) is 0. The van der Waals surface area contributed by atoms with Crippen molar-refractivity contribution in [1.82, 2.24) is 20.0 Å². The average molecular weight is 346 g/mol. The highest BCUT2D eigenvalue weighted by atomic mass is 19.1. The second kappa shape index (κ2) is 8.11. The van der Waals surface area contributed by atoms with Crippen LogP contribution >= 0.6 is 0 Å². The molecule has 2 atom stereocenters. The molecule has 5 nitrogen and oxygen atoms in total. The standard InChI is InChI=1S/C19H27FN4O/c1-15-19(14-25)24(12-16-3-5-17(20)6-4-16)18(11-21-15)13-23-9-7-22(2)8-10-23/h3-6,15,18,21H,7-13H2,1-2H3. The van der Waals surface area contributed by atoms with E-state index in [1.165, 1.54) is 12.1 Å². The Morgan fingerprint density at radius 2 is 1.88 bits per heavy atom. The van der Waals surface area contributed by atoms with Gasteiger partial charge in [0.25, 0.3) is 0 Å². The smallest absolute Gasteiger partial charge is 0.147 e. The van der Waals surface area contributed by atoms with Gasteiger partial charge in [0.1, 0.15) is 17.5 Å². The van der Waals surface area contributed by atoms with Gasteiger partial charge >= 0.3 is 0 Å². The van der Waals surface area contributed by atoms with Gasteiger partial charge in [-0.05, 0) is 31.7 Å². The Labute approximate surface area is 149 Å². The Balaban J connectivity index is 1.74. The van der Waals surface area contributed by atoms with Gasteiger partial charge in [-0.1, -0.05) is 12.1 Å². The number of likely N-dealkylation sites (N-methyl/N-ethyl adjacent to an activating group) is 1. The van der Waals surface area contributed by atoms with Gasteiger partial charge in [-0.15, -0.1) is 0 Å². The van der Waals surface area contributed by atoms with E-state index in [0.717, 1.165) is 44.8 Å². The fraction of sp³-hybridized carbons (Fsp3) is 0.579. The number of rotatable bonds is 4. The average Bonchev–Trinajstić information content (AvgIpc) is 2.61. The molecule has 2 fully saturated rings. The maximum atomic E-state index is 13.2. The molecule has 0 radical (unpaired) electrons. The lowest BCUT2D eigenvalue weighted by Crippen LogP contribution is -2.58. The van der Waals surface area contributed by atoms with Crippen LogP contribution in [0.3, 0.4) is 0 Å². The summed E-state index contributed by atoms with van der Waals surface area (Å²) in [6, 6.07) is 6.72. The van der Waals surface area contributed by atoms with Crippen LogP contribution in [0.2, 0.25) is 0 Å². The highest BCUT2D eigenvalue weighted by Crippen LogP contribution is 2.21. The number of halogens is 1. The number of hydrogen-bond donors (Lipinski definition) is 1. The lowest BCUT2D eigenvalue weighted by Gasteiger charge is -2.44. The third-order valence-electron chi connectivity index (χ3n) is 5.26. The van der Waals surface area contributed by atoms with Gasteiger partial charge in [-0.3, -0.25) is 4.90 Å². The van der Waals surface area contributed by atoms with Gasteiger partial charge in [-0.2, -0.15) is 0 Å². The van der Waals surface area contributed by atoms with E-state index in [-0.39, 0.29) is 17.9 Å². The molecule has 0 spiro atoms. The zero-order chi connectivity index (χ0) is 17.8. The molecule has 6 heteroatoms. The first kappa shape index (κ1) is 18.1. The van der Waals surface area contributed by atoms with Crippen LogP contribution in [0.4, 0.5) is 4.39 Å².